The molecule has 316 valence electrons. The number of amides is 1. The highest BCUT2D eigenvalue weighted by Crippen LogP contribution is 2.33. The molecule has 1 aliphatic heterocycles. The second-order valence-corrected chi connectivity index (χ2v) is 17.0. The van der Waals surface area contributed by atoms with Crippen LogP contribution in [0.4, 0.5) is 10.1 Å². The summed E-state index contributed by atoms with van der Waals surface area (Å²) in [6.07, 6.45) is 2.81. The summed E-state index contributed by atoms with van der Waals surface area (Å²) in [5.74, 6) is -2.83. The summed E-state index contributed by atoms with van der Waals surface area (Å²) in [5, 5.41) is 0.442. The molecule has 1 aromatic heterocycles. The van der Waals surface area contributed by atoms with Gasteiger partial charge in [0.1, 0.15) is 28.8 Å². The van der Waals surface area contributed by atoms with Crippen molar-refractivity contribution < 1.29 is 55.4 Å². The van der Waals surface area contributed by atoms with Gasteiger partial charge in [-0.1, -0.05) is 35.3 Å². The summed E-state index contributed by atoms with van der Waals surface area (Å²) in [5.41, 5.74) is 1.45. The largest absolute Gasteiger partial charge is 0.481 e. The maximum Gasteiger partial charge on any atom is 0.400 e. The predicted octanol–water partition coefficient (Wildman–Crippen LogP) is 8.40. The van der Waals surface area contributed by atoms with Crippen molar-refractivity contribution in [2.75, 3.05) is 31.4 Å². The van der Waals surface area contributed by atoms with E-state index in [2.05, 4.69) is 4.98 Å². The maximum absolute atomic E-state index is 13.9. The molecule has 2 aliphatic rings. The molecule has 1 saturated carbocycles. The number of ketones is 3. The van der Waals surface area contributed by atoms with Gasteiger partial charge in [-0.25, -0.2) is 12.8 Å². The lowest BCUT2D eigenvalue weighted by Crippen LogP contribution is -2.38. The highest BCUT2D eigenvalue weighted by molar-refractivity contribution is 7.90. The molecule has 7 rings (SSSR count). The van der Waals surface area contributed by atoms with Gasteiger partial charge in [0.05, 0.1) is 34.9 Å². The summed E-state index contributed by atoms with van der Waals surface area (Å²) < 4.78 is 66.3. The van der Waals surface area contributed by atoms with Gasteiger partial charge in [-0.05, 0) is 86.8 Å². The van der Waals surface area contributed by atoms with Gasteiger partial charge in [-0.15, -0.1) is 0 Å². The van der Waals surface area contributed by atoms with Crippen LogP contribution in [0, 0.1) is 11.7 Å². The lowest BCUT2D eigenvalue weighted by Gasteiger charge is -2.22. The first-order valence-corrected chi connectivity index (χ1v) is 21.6. The van der Waals surface area contributed by atoms with E-state index in [1.165, 1.54) is 36.2 Å². The Morgan fingerprint density at radius 2 is 1.67 bits per heavy atom. The van der Waals surface area contributed by atoms with E-state index in [1.54, 1.807) is 61.5 Å². The molecule has 1 aliphatic carbocycles. The van der Waals surface area contributed by atoms with Gasteiger partial charge in [0.25, 0.3) is 5.91 Å². The second kappa shape index (κ2) is 19.5. The Labute approximate surface area is 355 Å². The SMILES string of the molecule is CS(=O)(=O)c1ccc(C(=O)C2C(=O)CCCC2=O)c(Cl)c1COCC1CCCO1.C[C@H](Oc1ccc(Oc2nc3ccc(Cl)cc3o2)cc1)C(=O)N(C)c1ccccc1F. The standard InChI is InChI=1S/C23H18ClFN2O4.C20H23ClO7S/c1-14(22(28)27(2)20-6-4-3-5-18(20)25)29-16-8-10-17(11-9-16)30-23-26-19-12-7-15(24)13-21(19)31-23;1-29(25,26)17-8-7-13(20(24)18-15(22)5-2-6-16(18)23)19(21)14(17)11-27-10-12-4-3-9-28-12/h3-14H,1-2H3;7-8,12,18H,2-6,9-11H2,1H3/t14-;/m0./s1. The van der Waals surface area contributed by atoms with Crippen LogP contribution >= 0.6 is 23.2 Å². The van der Waals surface area contributed by atoms with E-state index >= 15 is 0 Å². The van der Waals surface area contributed by atoms with Crippen molar-refractivity contribution in [1.82, 2.24) is 4.98 Å². The van der Waals surface area contributed by atoms with E-state index in [0.717, 1.165) is 19.1 Å². The van der Waals surface area contributed by atoms with Crippen molar-refractivity contribution in [3.8, 4) is 17.6 Å². The number of rotatable bonds is 13. The van der Waals surface area contributed by atoms with Gasteiger partial charge in [0.2, 0.25) is 0 Å². The molecule has 5 aromatic rings. The third-order valence-corrected chi connectivity index (χ3v) is 11.6. The van der Waals surface area contributed by atoms with Gasteiger partial charge in [0.15, 0.2) is 38.9 Å². The van der Waals surface area contributed by atoms with Gasteiger partial charge < -0.3 is 28.3 Å². The third kappa shape index (κ3) is 10.8. The average Bonchev–Trinajstić information content (AvgIpc) is 3.88. The van der Waals surface area contributed by atoms with Crippen LogP contribution < -0.4 is 14.4 Å². The number of nitrogens with zero attached hydrogens (tertiary/aromatic N) is 2. The van der Waals surface area contributed by atoms with Crippen LogP contribution in [0.2, 0.25) is 10.0 Å². The molecule has 0 radical (unpaired) electrons. The molecular formula is C43H41Cl2FN2O11S. The zero-order valence-electron chi connectivity index (χ0n) is 32.8. The van der Waals surface area contributed by atoms with Crippen molar-refractivity contribution in [2.45, 2.75) is 62.7 Å². The van der Waals surface area contributed by atoms with Crippen molar-refractivity contribution in [2.24, 2.45) is 5.92 Å². The number of Topliss-reactive ketones (excluding diaryl/α,β-unsaturated/α-hetero) is 3. The fourth-order valence-electron chi connectivity index (χ4n) is 6.67. The summed E-state index contributed by atoms with van der Waals surface area (Å²) in [4.78, 5) is 55.2. The molecule has 13 nitrogen and oxygen atoms in total. The number of carbonyl (C=O) groups is 4. The minimum atomic E-state index is -3.64. The monoisotopic (exact) mass is 882 g/mol. The van der Waals surface area contributed by atoms with Gasteiger partial charge in [-0.3, -0.25) is 19.2 Å². The number of hydrogen-bond donors (Lipinski definition) is 0. The Kier molecular flexibility index (Phi) is 14.4. The van der Waals surface area contributed by atoms with Crippen LogP contribution in [0.25, 0.3) is 11.1 Å². The Balaban J connectivity index is 0.000000202. The fourth-order valence-corrected chi connectivity index (χ4v) is 8.13. The molecule has 1 unspecified atom stereocenters. The highest BCUT2D eigenvalue weighted by Gasteiger charge is 2.38. The lowest BCUT2D eigenvalue weighted by atomic mass is 9.81. The molecule has 0 spiro atoms. The topological polar surface area (TPSA) is 169 Å². The van der Waals surface area contributed by atoms with Crippen LogP contribution in [0.15, 0.2) is 88.2 Å². The molecule has 2 heterocycles. The quantitative estimate of drug-likeness (QED) is 0.0819. The van der Waals surface area contributed by atoms with Crippen LogP contribution in [0.1, 0.15) is 54.9 Å². The first-order valence-electron chi connectivity index (χ1n) is 18.9. The second-order valence-electron chi connectivity index (χ2n) is 14.2. The summed E-state index contributed by atoms with van der Waals surface area (Å²) in [6.45, 7) is 2.41. The number of sulfone groups is 1. The van der Waals surface area contributed by atoms with E-state index in [1.807, 2.05) is 0 Å². The predicted molar refractivity (Wildman–Crippen MR) is 220 cm³/mol. The summed E-state index contributed by atoms with van der Waals surface area (Å²) >= 11 is 12.3. The molecule has 1 amide bonds. The number of anilines is 1. The van der Waals surface area contributed by atoms with Gasteiger partial charge in [0, 0.05) is 55.0 Å². The van der Waals surface area contributed by atoms with E-state index < -0.39 is 45.0 Å². The summed E-state index contributed by atoms with van der Waals surface area (Å²) in [7, 11) is -2.13. The number of fused-ring (bicyclic) bond motifs is 1. The van der Waals surface area contributed by atoms with Gasteiger partial charge in [-0.2, -0.15) is 4.98 Å². The highest BCUT2D eigenvalue weighted by atomic mass is 35.5. The number of hydrogen-bond acceptors (Lipinski definition) is 12. The van der Waals surface area contributed by atoms with Crippen molar-refractivity contribution >= 4 is 73.1 Å². The zero-order chi connectivity index (χ0) is 43.1. The molecule has 2 atom stereocenters. The Bertz CT molecular complexity index is 2490. The minimum absolute atomic E-state index is 0.0385. The molecule has 4 aromatic carbocycles. The van der Waals surface area contributed by atoms with E-state index in [9.17, 15) is 32.0 Å². The van der Waals surface area contributed by atoms with E-state index in [4.69, 9.17) is 46.6 Å². The number of carbonyl (C=O) groups excluding carboxylic acids is 4. The van der Waals surface area contributed by atoms with Crippen LogP contribution in [0.3, 0.4) is 0 Å². The Morgan fingerprint density at radius 1 is 0.967 bits per heavy atom. The number of halogens is 3. The number of likely N-dealkylation sites (N-methyl/N-ethyl adjacent to an activating group) is 1. The average molecular weight is 884 g/mol. The maximum atomic E-state index is 13.9. The molecular weight excluding hydrogens is 842 g/mol. The minimum Gasteiger partial charge on any atom is -0.481 e. The Morgan fingerprint density at radius 3 is 2.33 bits per heavy atom. The molecule has 0 bridgehead atoms. The first-order chi connectivity index (χ1) is 28.6. The molecule has 2 fully saturated rings. The van der Waals surface area contributed by atoms with Crippen LogP contribution in [0.5, 0.6) is 17.6 Å². The molecule has 0 N–H and O–H groups in total. The molecule has 60 heavy (non-hydrogen) atoms. The fraction of sp³-hybridized carbons (Fsp3) is 0.326. The van der Waals surface area contributed by atoms with Crippen LogP contribution in [-0.4, -0.2) is 75.4 Å². The normalized spacial score (nSPS) is 16.3. The van der Waals surface area contributed by atoms with Crippen molar-refractivity contribution in [3.05, 3.63) is 106 Å². The molecule has 1 saturated heterocycles. The zero-order valence-corrected chi connectivity index (χ0v) is 35.2. The number of benzene rings is 4. The number of aromatic nitrogens is 1. The summed E-state index contributed by atoms with van der Waals surface area (Å²) in [6, 6.07) is 20.3. The number of para-hydroxylation sites is 1. The smallest absolute Gasteiger partial charge is 0.400 e. The van der Waals surface area contributed by atoms with Gasteiger partial charge >= 0.3 is 6.08 Å². The first kappa shape index (κ1) is 44.4. The lowest BCUT2D eigenvalue weighted by molar-refractivity contribution is -0.133. The number of oxazole rings is 1. The van der Waals surface area contributed by atoms with Crippen molar-refractivity contribution in [3.63, 3.8) is 0 Å². The third-order valence-electron chi connectivity index (χ3n) is 9.76. The van der Waals surface area contributed by atoms with E-state index in [-0.39, 0.29) is 70.9 Å². The van der Waals surface area contributed by atoms with E-state index in [0.29, 0.717) is 40.6 Å². The Hall–Kier alpha value is -5.19. The van der Waals surface area contributed by atoms with Crippen LogP contribution in [-0.2, 0) is 40.3 Å². The molecule has 17 heteroatoms. The number of ether oxygens (including phenoxy) is 4. The van der Waals surface area contributed by atoms with Crippen molar-refractivity contribution in [1.29, 1.82) is 0 Å².